The van der Waals surface area contributed by atoms with Crippen molar-refractivity contribution in [3.63, 3.8) is 0 Å². The van der Waals surface area contributed by atoms with Crippen LogP contribution in [-0.4, -0.2) is 38.2 Å². The molecule has 0 saturated carbocycles. The molecule has 3 aromatic rings. The smallest absolute Gasteiger partial charge is 0.295 e. The number of amides is 1. The van der Waals surface area contributed by atoms with Crippen LogP contribution in [0.15, 0.2) is 78.6 Å². The maximum absolute atomic E-state index is 13.2. The zero-order valence-corrected chi connectivity index (χ0v) is 19.8. The van der Waals surface area contributed by atoms with Gasteiger partial charge in [0.05, 0.1) is 23.1 Å². The third-order valence-corrected chi connectivity index (χ3v) is 5.75. The van der Waals surface area contributed by atoms with Gasteiger partial charge in [0.15, 0.2) is 0 Å². The monoisotopic (exact) mass is 487 g/mol. The molecular weight excluding hydrogens is 462 g/mol. The molecule has 9 heteroatoms. The summed E-state index contributed by atoms with van der Waals surface area (Å²) in [5.41, 5.74) is 1.28. The van der Waals surface area contributed by atoms with Crippen LogP contribution in [-0.2, 0) is 16.1 Å². The summed E-state index contributed by atoms with van der Waals surface area (Å²) >= 11 is 0. The zero-order valence-electron chi connectivity index (χ0n) is 19.8. The number of aliphatic hydroxyl groups is 1. The second kappa shape index (κ2) is 10.4. The minimum absolute atomic E-state index is 0.0683. The first-order valence-corrected chi connectivity index (χ1v) is 11.4. The molecule has 2 aromatic carbocycles. The van der Waals surface area contributed by atoms with E-state index in [4.69, 9.17) is 4.74 Å². The normalized spacial score (nSPS) is 17.0. The third kappa shape index (κ3) is 5.10. The number of non-ortho nitro benzene ring substituents is 1. The number of nitro groups is 1. The molecule has 0 spiro atoms. The second-order valence-corrected chi connectivity index (χ2v) is 8.87. The molecule has 4 rings (SSSR count). The van der Waals surface area contributed by atoms with E-state index < -0.39 is 22.7 Å². The highest BCUT2D eigenvalue weighted by atomic mass is 16.6. The van der Waals surface area contributed by atoms with Gasteiger partial charge in [0, 0.05) is 36.6 Å². The second-order valence-electron chi connectivity index (χ2n) is 8.87. The number of rotatable bonds is 8. The van der Waals surface area contributed by atoms with E-state index in [0.717, 1.165) is 0 Å². The Bertz CT molecular complexity index is 1300. The first kappa shape index (κ1) is 24.6. The molecular formula is C27H25N3O6. The molecule has 2 heterocycles. The van der Waals surface area contributed by atoms with Gasteiger partial charge in [-0.1, -0.05) is 19.9 Å². The van der Waals surface area contributed by atoms with Gasteiger partial charge in [0.1, 0.15) is 11.5 Å². The van der Waals surface area contributed by atoms with Crippen LogP contribution in [0.25, 0.3) is 5.76 Å². The molecule has 1 fully saturated rings. The van der Waals surface area contributed by atoms with E-state index in [1.807, 2.05) is 13.8 Å². The molecule has 0 unspecified atom stereocenters. The van der Waals surface area contributed by atoms with E-state index in [2.05, 4.69) is 4.98 Å². The Kier molecular flexibility index (Phi) is 7.10. The number of carbonyl (C=O) groups is 2. The van der Waals surface area contributed by atoms with Crippen LogP contribution >= 0.6 is 0 Å². The molecule has 1 saturated heterocycles. The number of aromatic nitrogens is 1. The summed E-state index contributed by atoms with van der Waals surface area (Å²) < 4.78 is 5.68. The number of nitrogens with zero attached hydrogens (tertiary/aromatic N) is 3. The number of carbonyl (C=O) groups excluding carboxylic acids is 2. The first-order chi connectivity index (χ1) is 17.3. The quantitative estimate of drug-likeness (QED) is 0.161. The fraction of sp³-hybridized carbons (Fsp3) is 0.222. The summed E-state index contributed by atoms with van der Waals surface area (Å²) in [5, 5.41) is 22.3. The van der Waals surface area contributed by atoms with E-state index in [-0.39, 0.29) is 23.6 Å². The highest BCUT2D eigenvalue weighted by Gasteiger charge is 2.46. The lowest BCUT2D eigenvalue weighted by molar-refractivity contribution is -0.384. The van der Waals surface area contributed by atoms with Gasteiger partial charge in [-0.25, -0.2) is 0 Å². The Labute approximate surface area is 207 Å². The number of pyridine rings is 1. The molecule has 9 nitrogen and oxygen atoms in total. The topological polar surface area (TPSA) is 123 Å². The number of hydrogen-bond donors (Lipinski definition) is 1. The fourth-order valence-corrected chi connectivity index (χ4v) is 3.98. The molecule has 0 radical (unpaired) electrons. The van der Waals surface area contributed by atoms with Crippen LogP contribution < -0.4 is 4.74 Å². The maximum Gasteiger partial charge on any atom is 0.295 e. The molecule has 1 aliphatic heterocycles. The van der Waals surface area contributed by atoms with E-state index >= 15 is 0 Å². The van der Waals surface area contributed by atoms with Crippen LogP contribution in [0.4, 0.5) is 5.69 Å². The maximum atomic E-state index is 13.2. The lowest BCUT2D eigenvalue weighted by Crippen LogP contribution is -2.29. The van der Waals surface area contributed by atoms with E-state index in [1.54, 1.807) is 48.8 Å². The average Bonchev–Trinajstić information content (AvgIpc) is 3.13. The lowest BCUT2D eigenvalue weighted by atomic mass is 9.95. The largest absolute Gasteiger partial charge is 0.507 e. The van der Waals surface area contributed by atoms with Gasteiger partial charge >= 0.3 is 0 Å². The van der Waals surface area contributed by atoms with Crippen molar-refractivity contribution in [2.45, 2.75) is 26.4 Å². The molecule has 184 valence electrons. The molecule has 1 amide bonds. The van der Waals surface area contributed by atoms with Crippen molar-refractivity contribution in [1.82, 2.24) is 9.88 Å². The van der Waals surface area contributed by atoms with Crippen molar-refractivity contribution < 1.29 is 24.4 Å². The van der Waals surface area contributed by atoms with Gasteiger partial charge in [0.2, 0.25) is 0 Å². The van der Waals surface area contributed by atoms with Crippen molar-refractivity contribution in [2.24, 2.45) is 5.92 Å². The molecule has 1 aliphatic rings. The Morgan fingerprint density at radius 1 is 1.11 bits per heavy atom. The molecule has 1 aromatic heterocycles. The molecule has 1 atom stereocenters. The first-order valence-electron chi connectivity index (χ1n) is 11.4. The Balaban J connectivity index is 1.77. The number of Topliss-reactive ketones (excluding diaryl/α,β-unsaturated/α-hetero) is 1. The standard InChI is InChI=1S/C27H25N3O6/c1-17(2)16-36-22-11-7-20(8-12-22)25(31)23-24(19-5-9-21(10-6-19)30(34)35)29(27(33)26(23)32)15-18-4-3-13-28-14-18/h3-14,17,24,31H,15-16H2,1-2H3/t24-/m0/s1. The minimum Gasteiger partial charge on any atom is -0.507 e. The number of benzene rings is 2. The van der Waals surface area contributed by atoms with Crippen molar-refractivity contribution in [3.8, 4) is 5.75 Å². The number of ketones is 1. The van der Waals surface area contributed by atoms with E-state index in [1.165, 1.54) is 29.2 Å². The highest BCUT2D eigenvalue weighted by Crippen LogP contribution is 2.40. The van der Waals surface area contributed by atoms with Crippen LogP contribution in [0, 0.1) is 16.0 Å². The van der Waals surface area contributed by atoms with Gasteiger partial charge in [-0.3, -0.25) is 24.7 Å². The highest BCUT2D eigenvalue weighted by molar-refractivity contribution is 6.46. The molecule has 36 heavy (non-hydrogen) atoms. The number of aliphatic hydroxyl groups excluding tert-OH is 1. The van der Waals surface area contributed by atoms with Crippen LogP contribution in [0.5, 0.6) is 5.75 Å². The van der Waals surface area contributed by atoms with Crippen LogP contribution in [0.2, 0.25) is 0 Å². The predicted octanol–water partition coefficient (Wildman–Crippen LogP) is 4.65. The summed E-state index contributed by atoms with van der Waals surface area (Å²) in [6.45, 7) is 4.66. The van der Waals surface area contributed by atoms with Gasteiger partial charge in [-0.2, -0.15) is 0 Å². The van der Waals surface area contributed by atoms with Crippen molar-refractivity contribution >= 4 is 23.1 Å². The number of hydrogen-bond acceptors (Lipinski definition) is 7. The summed E-state index contributed by atoms with van der Waals surface area (Å²) in [5.74, 6) is -0.985. The van der Waals surface area contributed by atoms with Gasteiger partial charge < -0.3 is 14.7 Å². The van der Waals surface area contributed by atoms with Crippen molar-refractivity contribution in [3.05, 3.63) is 105 Å². The summed E-state index contributed by atoms with van der Waals surface area (Å²) in [4.78, 5) is 42.3. The van der Waals surface area contributed by atoms with E-state index in [0.29, 0.717) is 35.0 Å². The Morgan fingerprint density at radius 2 is 1.81 bits per heavy atom. The Morgan fingerprint density at radius 3 is 2.39 bits per heavy atom. The third-order valence-electron chi connectivity index (χ3n) is 5.75. The minimum atomic E-state index is -0.942. The van der Waals surface area contributed by atoms with Crippen LogP contribution in [0.1, 0.15) is 36.6 Å². The van der Waals surface area contributed by atoms with Crippen molar-refractivity contribution in [1.29, 1.82) is 0 Å². The Hall–Kier alpha value is -4.53. The number of ether oxygens (including phenoxy) is 1. The van der Waals surface area contributed by atoms with Gasteiger partial charge in [-0.15, -0.1) is 0 Å². The lowest BCUT2D eigenvalue weighted by Gasteiger charge is -2.25. The predicted molar refractivity (Wildman–Crippen MR) is 132 cm³/mol. The number of likely N-dealkylation sites (tertiary alicyclic amines) is 1. The summed E-state index contributed by atoms with van der Waals surface area (Å²) in [6.07, 6.45) is 3.18. The van der Waals surface area contributed by atoms with E-state index in [9.17, 15) is 24.8 Å². The van der Waals surface area contributed by atoms with Crippen LogP contribution in [0.3, 0.4) is 0 Å². The fourth-order valence-electron chi connectivity index (χ4n) is 3.98. The summed E-state index contributed by atoms with van der Waals surface area (Å²) in [6, 6.07) is 14.7. The number of nitro benzene ring substituents is 1. The summed E-state index contributed by atoms with van der Waals surface area (Å²) in [7, 11) is 0. The van der Waals surface area contributed by atoms with Gasteiger partial charge in [0.25, 0.3) is 17.4 Å². The average molecular weight is 488 g/mol. The van der Waals surface area contributed by atoms with Gasteiger partial charge in [-0.05, 0) is 59.5 Å². The molecule has 1 N–H and O–H groups in total. The molecule has 0 aliphatic carbocycles. The van der Waals surface area contributed by atoms with Crippen molar-refractivity contribution in [2.75, 3.05) is 6.61 Å². The zero-order chi connectivity index (χ0) is 25.8. The SMILES string of the molecule is CC(C)COc1ccc(C(O)=C2C(=O)C(=O)N(Cc3cccnc3)[C@H]2c2ccc([N+](=O)[O-])cc2)cc1. The molecule has 0 bridgehead atoms.